The largest absolute Gasteiger partial charge is 0.383 e. The lowest BCUT2D eigenvalue weighted by atomic mass is 10.1. The van der Waals surface area contributed by atoms with Crippen LogP contribution in [0.25, 0.3) is 0 Å². The molecule has 2 N–H and O–H groups in total. The number of halogens is 3. The van der Waals surface area contributed by atoms with E-state index in [0.29, 0.717) is 5.84 Å². The van der Waals surface area contributed by atoms with Crippen molar-refractivity contribution in [3.63, 3.8) is 0 Å². The van der Waals surface area contributed by atoms with Gasteiger partial charge in [0.1, 0.15) is 5.84 Å². The van der Waals surface area contributed by atoms with Crippen LogP contribution in [0.3, 0.4) is 0 Å². The fourth-order valence-corrected chi connectivity index (χ4v) is 2.14. The van der Waals surface area contributed by atoms with Gasteiger partial charge in [0, 0.05) is 15.6 Å². The van der Waals surface area contributed by atoms with E-state index < -0.39 is 4.46 Å². The molecule has 1 aliphatic heterocycles. The SMILES string of the molecule is NC1=NC(Cl)(Cl)c2ccc(Br)cc21. The van der Waals surface area contributed by atoms with Crippen LogP contribution in [-0.2, 0) is 4.46 Å². The van der Waals surface area contributed by atoms with Gasteiger partial charge >= 0.3 is 0 Å². The van der Waals surface area contributed by atoms with Gasteiger partial charge in [0.15, 0.2) is 0 Å². The topological polar surface area (TPSA) is 38.4 Å². The molecule has 0 unspecified atom stereocenters. The maximum atomic E-state index is 5.93. The van der Waals surface area contributed by atoms with Gasteiger partial charge in [-0.1, -0.05) is 45.2 Å². The van der Waals surface area contributed by atoms with Crippen LogP contribution in [-0.4, -0.2) is 5.84 Å². The van der Waals surface area contributed by atoms with E-state index in [1.807, 2.05) is 18.2 Å². The van der Waals surface area contributed by atoms with Crippen molar-refractivity contribution in [3.8, 4) is 0 Å². The zero-order valence-electron chi connectivity index (χ0n) is 6.39. The molecule has 13 heavy (non-hydrogen) atoms. The number of rotatable bonds is 0. The zero-order chi connectivity index (χ0) is 9.64. The highest BCUT2D eigenvalue weighted by atomic mass is 79.9. The first kappa shape index (κ1) is 9.31. The smallest absolute Gasteiger partial charge is 0.236 e. The second-order valence-electron chi connectivity index (χ2n) is 2.73. The van der Waals surface area contributed by atoms with Crippen LogP contribution < -0.4 is 5.73 Å². The van der Waals surface area contributed by atoms with Gasteiger partial charge in [-0.05, 0) is 12.1 Å². The van der Waals surface area contributed by atoms with Crippen molar-refractivity contribution in [1.82, 2.24) is 0 Å². The Morgan fingerprint density at radius 2 is 2.08 bits per heavy atom. The van der Waals surface area contributed by atoms with E-state index in [0.717, 1.165) is 15.6 Å². The number of nitrogens with two attached hydrogens (primary N) is 1. The lowest BCUT2D eigenvalue weighted by molar-refractivity contribution is 0.945. The van der Waals surface area contributed by atoms with Gasteiger partial charge < -0.3 is 5.73 Å². The van der Waals surface area contributed by atoms with Crippen molar-refractivity contribution in [2.24, 2.45) is 10.7 Å². The monoisotopic (exact) mass is 278 g/mol. The van der Waals surface area contributed by atoms with Crippen molar-refractivity contribution in [2.45, 2.75) is 4.46 Å². The zero-order valence-corrected chi connectivity index (χ0v) is 9.49. The van der Waals surface area contributed by atoms with Gasteiger partial charge in [-0.25, -0.2) is 4.99 Å². The number of hydrogen-bond donors (Lipinski definition) is 1. The highest BCUT2D eigenvalue weighted by Gasteiger charge is 2.35. The molecule has 0 fully saturated rings. The minimum Gasteiger partial charge on any atom is -0.383 e. The predicted octanol–water partition coefficient (Wildman–Crippen LogP) is 2.76. The van der Waals surface area contributed by atoms with Crippen molar-refractivity contribution in [1.29, 1.82) is 0 Å². The molecule has 0 saturated carbocycles. The molecule has 0 amide bonds. The number of fused-ring (bicyclic) bond motifs is 1. The quantitative estimate of drug-likeness (QED) is 0.576. The molecular formula is C8H5BrCl2N2. The van der Waals surface area contributed by atoms with Gasteiger partial charge in [-0.2, -0.15) is 0 Å². The average molecular weight is 280 g/mol. The van der Waals surface area contributed by atoms with Crippen LogP contribution >= 0.6 is 39.1 Å². The van der Waals surface area contributed by atoms with E-state index in [4.69, 9.17) is 28.9 Å². The van der Waals surface area contributed by atoms with Gasteiger partial charge in [0.2, 0.25) is 4.46 Å². The van der Waals surface area contributed by atoms with Crippen LogP contribution in [0.15, 0.2) is 27.7 Å². The highest BCUT2D eigenvalue weighted by molar-refractivity contribution is 9.10. The summed E-state index contributed by atoms with van der Waals surface area (Å²) in [5.41, 5.74) is 7.18. The molecule has 1 heterocycles. The Kier molecular flexibility index (Phi) is 2.06. The molecule has 0 bridgehead atoms. The third-order valence-corrected chi connectivity index (χ3v) is 2.91. The molecule has 0 radical (unpaired) electrons. The van der Waals surface area contributed by atoms with Gasteiger partial charge in [-0.15, -0.1) is 0 Å². The van der Waals surface area contributed by atoms with Gasteiger partial charge in [-0.3, -0.25) is 0 Å². The molecule has 0 aliphatic carbocycles. The van der Waals surface area contributed by atoms with E-state index in [9.17, 15) is 0 Å². The summed E-state index contributed by atoms with van der Waals surface area (Å²) < 4.78 is -0.296. The number of hydrogen-bond acceptors (Lipinski definition) is 2. The first-order chi connectivity index (χ1) is 6.00. The second-order valence-corrected chi connectivity index (χ2v) is 4.93. The summed E-state index contributed by atoms with van der Waals surface area (Å²) in [5.74, 6) is 0.376. The summed E-state index contributed by atoms with van der Waals surface area (Å²) in [6, 6.07) is 5.51. The molecule has 1 aliphatic rings. The van der Waals surface area contributed by atoms with E-state index in [2.05, 4.69) is 20.9 Å². The van der Waals surface area contributed by atoms with Crippen LogP contribution in [0.1, 0.15) is 11.1 Å². The highest BCUT2D eigenvalue weighted by Crippen LogP contribution is 2.42. The first-order valence-corrected chi connectivity index (χ1v) is 5.09. The Morgan fingerprint density at radius 1 is 1.38 bits per heavy atom. The fraction of sp³-hybridized carbons (Fsp3) is 0.125. The van der Waals surface area contributed by atoms with Crippen molar-refractivity contribution >= 4 is 45.0 Å². The number of alkyl halides is 2. The summed E-state index contributed by atoms with van der Waals surface area (Å²) in [6.07, 6.45) is 0. The predicted molar refractivity (Wildman–Crippen MR) is 58.3 cm³/mol. The molecule has 0 saturated heterocycles. The van der Waals surface area contributed by atoms with Crippen LogP contribution in [0.4, 0.5) is 0 Å². The first-order valence-electron chi connectivity index (χ1n) is 3.54. The lowest BCUT2D eigenvalue weighted by Gasteiger charge is -2.09. The van der Waals surface area contributed by atoms with E-state index in [1.54, 1.807) is 0 Å². The third-order valence-electron chi connectivity index (χ3n) is 1.84. The molecule has 2 nitrogen and oxygen atoms in total. The fourth-order valence-electron chi connectivity index (χ4n) is 1.26. The van der Waals surface area contributed by atoms with E-state index >= 15 is 0 Å². The number of amidine groups is 1. The lowest BCUT2D eigenvalue weighted by Crippen LogP contribution is -2.10. The standard InChI is InChI=1S/C8H5BrCl2N2/c9-4-1-2-6-5(3-4)7(12)13-8(6,10)11/h1-3H,(H2,12,13). The molecule has 68 valence electrons. The van der Waals surface area contributed by atoms with Crippen LogP contribution in [0.2, 0.25) is 0 Å². The van der Waals surface area contributed by atoms with Crippen molar-refractivity contribution in [3.05, 3.63) is 33.8 Å². The molecule has 0 aromatic heterocycles. The van der Waals surface area contributed by atoms with Crippen molar-refractivity contribution < 1.29 is 0 Å². The number of benzene rings is 1. The molecule has 5 heteroatoms. The second kappa shape index (κ2) is 2.87. The normalized spacial score (nSPS) is 18.2. The minimum absolute atomic E-state index is 0.376. The Hall–Kier alpha value is -0.250. The van der Waals surface area contributed by atoms with E-state index in [1.165, 1.54) is 0 Å². The molecule has 1 aromatic rings. The summed E-state index contributed by atoms with van der Waals surface area (Å²) in [5, 5.41) is 0. The molecule has 0 atom stereocenters. The number of aliphatic imine (C=N–C) groups is 1. The van der Waals surface area contributed by atoms with Crippen molar-refractivity contribution in [2.75, 3.05) is 0 Å². The van der Waals surface area contributed by atoms with Crippen LogP contribution in [0.5, 0.6) is 0 Å². The average Bonchev–Trinajstić information content (AvgIpc) is 2.22. The van der Waals surface area contributed by atoms with Gasteiger partial charge in [0.25, 0.3) is 0 Å². The minimum atomic E-state index is -1.22. The molecular weight excluding hydrogens is 275 g/mol. The maximum absolute atomic E-state index is 5.93. The Labute approximate surface area is 93.9 Å². The maximum Gasteiger partial charge on any atom is 0.236 e. The van der Waals surface area contributed by atoms with E-state index in [-0.39, 0.29) is 0 Å². The Morgan fingerprint density at radius 3 is 2.77 bits per heavy atom. The van der Waals surface area contributed by atoms with Gasteiger partial charge in [0.05, 0.1) is 0 Å². The number of nitrogens with zero attached hydrogens (tertiary/aromatic N) is 1. The van der Waals surface area contributed by atoms with Crippen LogP contribution in [0, 0.1) is 0 Å². The Bertz CT molecular complexity index is 401. The Balaban J connectivity index is 2.67. The summed E-state index contributed by atoms with van der Waals surface area (Å²) in [7, 11) is 0. The summed E-state index contributed by atoms with van der Waals surface area (Å²) in [4.78, 5) is 3.93. The third kappa shape index (κ3) is 1.45. The summed E-state index contributed by atoms with van der Waals surface area (Å²) in [6.45, 7) is 0. The summed E-state index contributed by atoms with van der Waals surface area (Å²) >= 11 is 15.2. The molecule has 2 rings (SSSR count). The molecule has 1 aromatic carbocycles. The molecule has 0 spiro atoms.